The molecule has 1 aliphatic rings. The first-order chi connectivity index (χ1) is 15.0. The standard InChI is InChI=1S/C28H36N2O2/c1-7-8-9-10-25-29-22-16-19(26(31)32)11-12-23(22)30(25)24-17-21-20(15-18(24)2)27(3,4)13-14-28(21,5)6/h11-12,15-17H,7-10,13-14H2,1-6H3,(H,31,32). The van der Waals surface area contributed by atoms with Crippen molar-refractivity contribution in [3.05, 3.63) is 58.4 Å². The van der Waals surface area contributed by atoms with Crippen LogP contribution in [0.5, 0.6) is 0 Å². The van der Waals surface area contributed by atoms with E-state index in [1.54, 1.807) is 12.1 Å². The van der Waals surface area contributed by atoms with Crippen LogP contribution in [0.4, 0.5) is 0 Å². The molecule has 4 heteroatoms. The fourth-order valence-corrected chi connectivity index (χ4v) is 5.18. The second-order valence-corrected chi connectivity index (χ2v) is 10.8. The van der Waals surface area contributed by atoms with Gasteiger partial charge in [0.2, 0.25) is 0 Å². The van der Waals surface area contributed by atoms with Crippen LogP contribution in [-0.2, 0) is 17.3 Å². The Balaban J connectivity index is 1.96. The van der Waals surface area contributed by atoms with Crippen molar-refractivity contribution in [1.82, 2.24) is 9.55 Å². The van der Waals surface area contributed by atoms with Crippen LogP contribution in [0.2, 0.25) is 0 Å². The Bertz CT molecular complexity index is 1180. The third-order valence-electron chi connectivity index (χ3n) is 7.39. The lowest BCUT2D eigenvalue weighted by atomic mass is 9.63. The summed E-state index contributed by atoms with van der Waals surface area (Å²) in [6, 6.07) is 10.1. The van der Waals surface area contributed by atoms with Crippen LogP contribution in [0.3, 0.4) is 0 Å². The van der Waals surface area contributed by atoms with Crippen LogP contribution in [0.25, 0.3) is 16.7 Å². The number of nitrogens with zero attached hydrogens (tertiary/aromatic N) is 2. The third kappa shape index (κ3) is 3.85. The van der Waals surface area contributed by atoms with Gasteiger partial charge in [-0.2, -0.15) is 0 Å². The van der Waals surface area contributed by atoms with Crippen LogP contribution in [0.15, 0.2) is 30.3 Å². The van der Waals surface area contributed by atoms with Crippen molar-refractivity contribution in [3.63, 3.8) is 0 Å². The quantitative estimate of drug-likeness (QED) is 0.422. The van der Waals surface area contributed by atoms with E-state index in [9.17, 15) is 9.90 Å². The van der Waals surface area contributed by atoms with Gasteiger partial charge in [-0.25, -0.2) is 9.78 Å². The number of benzene rings is 2. The van der Waals surface area contributed by atoms with Gasteiger partial charge in [-0.3, -0.25) is 4.57 Å². The first-order valence-electron chi connectivity index (χ1n) is 12.0. The number of aryl methyl sites for hydroxylation is 2. The van der Waals surface area contributed by atoms with E-state index < -0.39 is 5.97 Å². The summed E-state index contributed by atoms with van der Waals surface area (Å²) in [7, 11) is 0. The molecule has 0 bridgehead atoms. The number of hydrogen-bond donors (Lipinski definition) is 1. The lowest BCUT2D eigenvalue weighted by Crippen LogP contribution is -2.34. The Morgan fingerprint density at radius 1 is 1.03 bits per heavy atom. The van der Waals surface area contributed by atoms with Gasteiger partial charge in [0.15, 0.2) is 0 Å². The van der Waals surface area contributed by atoms with Gasteiger partial charge in [-0.05, 0) is 78.0 Å². The molecule has 4 nitrogen and oxygen atoms in total. The topological polar surface area (TPSA) is 55.1 Å². The zero-order valence-corrected chi connectivity index (χ0v) is 20.4. The average Bonchev–Trinajstić information content (AvgIpc) is 3.08. The van der Waals surface area contributed by atoms with E-state index in [2.05, 4.69) is 58.2 Å². The lowest BCUT2D eigenvalue weighted by Gasteiger charge is -2.42. The van der Waals surface area contributed by atoms with Crippen LogP contribution < -0.4 is 0 Å². The molecule has 1 aromatic heterocycles. The van der Waals surface area contributed by atoms with E-state index in [4.69, 9.17) is 4.98 Å². The molecule has 32 heavy (non-hydrogen) atoms. The summed E-state index contributed by atoms with van der Waals surface area (Å²) in [5.41, 5.74) is 7.63. The summed E-state index contributed by atoms with van der Waals surface area (Å²) >= 11 is 0. The largest absolute Gasteiger partial charge is 0.478 e. The highest BCUT2D eigenvalue weighted by atomic mass is 16.4. The Labute approximate surface area is 191 Å². The molecule has 1 N–H and O–H groups in total. The van der Waals surface area contributed by atoms with Gasteiger partial charge in [0.25, 0.3) is 0 Å². The van der Waals surface area contributed by atoms with Crippen LogP contribution in [0, 0.1) is 6.92 Å². The number of aromatic carboxylic acids is 1. The predicted octanol–water partition coefficient (Wildman–Crippen LogP) is 7.11. The Hall–Kier alpha value is -2.62. The monoisotopic (exact) mass is 432 g/mol. The molecule has 0 saturated heterocycles. The molecule has 1 aliphatic carbocycles. The molecule has 0 atom stereocenters. The van der Waals surface area contributed by atoms with E-state index >= 15 is 0 Å². The molecule has 4 rings (SSSR count). The number of hydrogen-bond acceptors (Lipinski definition) is 2. The van der Waals surface area contributed by atoms with E-state index in [1.807, 2.05) is 6.07 Å². The maximum absolute atomic E-state index is 11.5. The van der Waals surface area contributed by atoms with Crippen molar-refractivity contribution in [3.8, 4) is 5.69 Å². The van der Waals surface area contributed by atoms with Gasteiger partial charge in [0.1, 0.15) is 5.82 Å². The zero-order chi connectivity index (χ0) is 23.3. The minimum absolute atomic E-state index is 0.128. The van der Waals surface area contributed by atoms with Crippen molar-refractivity contribution in [2.24, 2.45) is 0 Å². The highest BCUT2D eigenvalue weighted by molar-refractivity contribution is 5.93. The van der Waals surface area contributed by atoms with Crippen molar-refractivity contribution >= 4 is 17.0 Å². The predicted molar refractivity (Wildman–Crippen MR) is 131 cm³/mol. The molecular formula is C28H36N2O2. The Morgan fingerprint density at radius 3 is 2.31 bits per heavy atom. The Kier molecular flexibility index (Phi) is 5.68. The normalized spacial score (nSPS) is 16.8. The molecule has 0 spiro atoms. The molecule has 170 valence electrons. The van der Waals surface area contributed by atoms with Crippen molar-refractivity contribution < 1.29 is 9.90 Å². The maximum Gasteiger partial charge on any atom is 0.335 e. The van der Waals surface area contributed by atoms with Crippen molar-refractivity contribution in [1.29, 1.82) is 0 Å². The lowest BCUT2D eigenvalue weighted by molar-refractivity contribution is 0.0697. The number of imidazole rings is 1. The third-order valence-corrected chi connectivity index (χ3v) is 7.39. The number of rotatable bonds is 6. The van der Waals surface area contributed by atoms with Gasteiger partial charge in [-0.1, -0.05) is 53.5 Å². The molecule has 0 amide bonds. The number of unbranched alkanes of at least 4 members (excludes halogenated alkanes) is 2. The summed E-state index contributed by atoms with van der Waals surface area (Å²) in [5, 5.41) is 9.46. The van der Waals surface area contributed by atoms with Gasteiger partial charge in [0, 0.05) is 6.42 Å². The minimum atomic E-state index is -0.914. The molecule has 0 saturated carbocycles. The summed E-state index contributed by atoms with van der Waals surface area (Å²) in [5.74, 6) is 0.106. The number of carbonyl (C=O) groups is 1. The fraction of sp³-hybridized carbons (Fsp3) is 0.500. The second kappa shape index (κ2) is 8.06. The molecule has 0 aliphatic heterocycles. The van der Waals surface area contributed by atoms with Crippen molar-refractivity contribution in [2.45, 2.75) is 90.9 Å². The van der Waals surface area contributed by atoms with Gasteiger partial charge in [-0.15, -0.1) is 0 Å². The van der Waals surface area contributed by atoms with Crippen LogP contribution in [0.1, 0.15) is 99.6 Å². The van der Waals surface area contributed by atoms with Gasteiger partial charge < -0.3 is 5.11 Å². The summed E-state index contributed by atoms with van der Waals surface area (Å²) in [4.78, 5) is 16.5. The Morgan fingerprint density at radius 2 is 1.69 bits per heavy atom. The average molecular weight is 433 g/mol. The molecule has 0 radical (unpaired) electrons. The van der Waals surface area contributed by atoms with E-state index in [0.29, 0.717) is 0 Å². The summed E-state index contributed by atoms with van der Waals surface area (Å²) < 4.78 is 2.28. The summed E-state index contributed by atoms with van der Waals surface area (Å²) in [6.07, 6.45) is 6.65. The van der Waals surface area contributed by atoms with Crippen LogP contribution in [-0.4, -0.2) is 20.6 Å². The van der Waals surface area contributed by atoms with Crippen LogP contribution >= 0.6 is 0 Å². The molecule has 1 heterocycles. The number of fused-ring (bicyclic) bond motifs is 2. The second-order valence-electron chi connectivity index (χ2n) is 10.8. The van der Waals surface area contributed by atoms with Gasteiger partial charge >= 0.3 is 5.97 Å². The molecule has 0 unspecified atom stereocenters. The highest BCUT2D eigenvalue weighted by Crippen LogP contribution is 2.47. The SMILES string of the molecule is CCCCCc1nc2cc(C(=O)O)ccc2n1-c1cc2c(cc1C)C(C)(C)CCC2(C)C. The molecule has 0 fully saturated rings. The highest BCUT2D eigenvalue weighted by Gasteiger charge is 2.37. The number of aromatic nitrogens is 2. The zero-order valence-electron chi connectivity index (χ0n) is 20.4. The van der Waals surface area contributed by atoms with E-state index in [-0.39, 0.29) is 16.4 Å². The first-order valence-corrected chi connectivity index (χ1v) is 12.0. The summed E-state index contributed by atoms with van der Waals surface area (Å²) in [6.45, 7) is 13.8. The van der Waals surface area contributed by atoms with E-state index in [1.165, 1.54) is 35.2 Å². The molecule has 3 aromatic rings. The maximum atomic E-state index is 11.5. The van der Waals surface area contributed by atoms with Gasteiger partial charge in [0.05, 0.1) is 22.3 Å². The minimum Gasteiger partial charge on any atom is -0.478 e. The first kappa shape index (κ1) is 22.6. The smallest absolute Gasteiger partial charge is 0.335 e. The van der Waals surface area contributed by atoms with Crippen molar-refractivity contribution in [2.75, 3.05) is 0 Å². The number of carboxylic acids is 1. The molecule has 2 aromatic carbocycles. The van der Waals surface area contributed by atoms with E-state index in [0.717, 1.165) is 42.5 Å². The fourth-order valence-electron chi connectivity index (χ4n) is 5.18. The number of carboxylic acid groups (broad SMARTS) is 1. The molecular weight excluding hydrogens is 396 g/mol.